The molecular formula is C24H28N4O. The molecule has 1 aliphatic rings. The highest BCUT2D eigenvalue weighted by Gasteiger charge is 2.27. The number of carbonyl (C=O) groups is 1. The molecule has 1 aromatic heterocycles. The Hall–Kier alpha value is -2.92. The first-order chi connectivity index (χ1) is 14.0. The van der Waals surface area contributed by atoms with Crippen LogP contribution in [0.2, 0.25) is 0 Å². The maximum Gasteiger partial charge on any atom is 0.259 e. The summed E-state index contributed by atoms with van der Waals surface area (Å²) in [5.41, 5.74) is 7.05. The van der Waals surface area contributed by atoms with E-state index in [1.54, 1.807) is 6.20 Å². The highest BCUT2D eigenvalue weighted by atomic mass is 16.1. The van der Waals surface area contributed by atoms with E-state index in [4.69, 9.17) is 0 Å². The van der Waals surface area contributed by atoms with Crippen molar-refractivity contribution in [2.75, 3.05) is 18.4 Å². The molecule has 5 nitrogen and oxygen atoms in total. The van der Waals surface area contributed by atoms with Crippen LogP contribution in [0.15, 0.2) is 48.7 Å². The number of benzene rings is 2. The van der Waals surface area contributed by atoms with Crippen molar-refractivity contribution < 1.29 is 4.79 Å². The number of hydrogen-bond donors (Lipinski definition) is 2. The minimum Gasteiger partial charge on any atom is -0.322 e. The molecule has 5 heteroatoms. The van der Waals surface area contributed by atoms with Crippen molar-refractivity contribution in [1.29, 1.82) is 0 Å². The van der Waals surface area contributed by atoms with Crippen molar-refractivity contribution in [2.45, 2.75) is 39.5 Å². The van der Waals surface area contributed by atoms with Crippen LogP contribution in [0, 0.1) is 20.8 Å². The Morgan fingerprint density at radius 2 is 1.86 bits per heavy atom. The zero-order chi connectivity index (χ0) is 20.4. The summed E-state index contributed by atoms with van der Waals surface area (Å²) < 4.78 is 1.96. The Balaban J connectivity index is 1.72. The van der Waals surface area contributed by atoms with Gasteiger partial charge >= 0.3 is 0 Å². The van der Waals surface area contributed by atoms with E-state index in [1.165, 1.54) is 11.1 Å². The Morgan fingerprint density at radius 3 is 2.59 bits per heavy atom. The lowest BCUT2D eigenvalue weighted by molar-refractivity contribution is 0.102. The summed E-state index contributed by atoms with van der Waals surface area (Å²) in [4.78, 5) is 13.2. The van der Waals surface area contributed by atoms with E-state index >= 15 is 0 Å². The standard InChI is InChI=1S/C24H28N4O/c1-16-5-4-6-21(13-16)28-23(19-9-11-25-12-10-19)22(15-26-28)24(29)27-20-8-7-17(2)18(3)14-20/h4-8,13-15,19,25H,9-12H2,1-3H3,(H,27,29). The number of piperidine rings is 1. The Kier molecular flexibility index (Phi) is 5.49. The van der Waals surface area contributed by atoms with Gasteiger partial charge in [-0.15, -0.1) is 0 Å². The van der Waals surface area contributed by atoms with Crippen molar-refractivity contribution >= 4 is 11.6 Å². The molecule has 0 spiro atoms. The van der Waals surface area contributed by atoms with E-state index in [0.29, 0.717) is 11.5 Å². The predicted molar refractivity (Wildman–Crippen MR) is 117 cm³/mol. The fourth-order valence-corrected chi connectivity index (χ4v) is 4.00. The van der Waals surface area contributed by atoms with Gasteiger partial charge in [0.2, 0.25) is 0 Å². The lowest BCUT2D eigenvalue weighted by Gasteiger charge is -2.25. The van der Waals surface area contributed by atoms with Gasteiger partial charge in [-0.05, 0) is 87.7 Å². The number of anilines is 1. The molecule has 1 amide bonds. The zero-order valence-electron chi connectivity index (χ0n) is 17.3. The first-order valence-electron chi connectivity index (χ1n) is 10.3. The van der Waals surface area contributed by atoms with E-state index in [1.807, 2.05) is 28.9 Å². The largest absolute Gasteiger partial charge is 0.322 e. The van der Waals surface area contributed by atoms with E-state index in [9.17, 15) is 4.79 Å². The van der Waals surface area contributed by atoms with Gasteiger partial charge in [-0.25, -0.2) is 4.68 Å². The van der Waals surface area contributed by atoms with Crippen LogP contribution in [0.4, 0.5) is 5.69 Å². The fourth-order valence-electron chi connectivity index (χ4n) is 4.00. The molecule has 4 rings (SSSR count). The van der Waals surface area contributed by atoms with Gasteiger partial charge in [0, 0.05) is 11.6 Å². The normalized spacial score (nSPS) is 14.7. The van der Waals surface area contributed by atoms with Crippen LogP contribution < -0.4 is 10.6 Å². The number of carbonyl (C=O) groups excluding carboxylic acids is 1. The molecule has 1 saturated heterocycles. The van der Waals surface area contributed by atoms with Crippen molar-refractivity contribution in [3.63, 3.8) is 0 Å². The number of rotatable bonds is 4. The third kappa shape index (κ3) is 4.10. The smallest absolute Gasteiger partial charge is 0.259 e. The van der Waals surface area contributed by atoms with E-state index in [-0.39, 0.29) is 5.91 Å². The van der Waals surface area contributed by atoms with Crippen molar-refractivity contribution in [2.24, 2.45) is 0 Å². The van der Waals surface area contributed by atoms with E-state index < -0.39 is 0 Å². The molecule has 0 saturated carbocycles. The Labute approximate surface area is 172 Å². The quantitative estimate of drug-likeness (QED) is 0.691. The van der Waals surface area contributed by atoms with Crippen LogP contribution in [-0.2, 0) is 0 Å². The van der Waals surface area contributed by atoms with Crippen LogP contribution in [0.5, 0.6) is 0 Å². The second kappa shape index (κ2) is 8.21. The lowest BCUT2D eigenvalue weighted by Crippen LogP contribution is -2.29. The Morgan fingerprint density at radius 1 is 1.07 bits per heavy atom. The molecule has 2 N–H and O–H groups in total. The van der Waals surface area contributed by atoms with Gasteiger partial charge in [-0.3, -0.25) is 4.79 Å². The molecular weight excluding hydrogens is 360 g/mol. The van der Waals surface area contributed by atoms with Crippen molar-refractivity contribution in [3.8, 4) is 5.69 Å². The maximum atomic E-state index is 13.2. The van der Waals surface area contributed by atoms with Gasteiger partial charge < -0.3 is 10.6 Å². The molecule has 1 aliphatic heterocycles. The van der Waals surface area contributed by atoms with Gasteiger partial charge in [0.25, 0.3) is 5.91 Å². The second-order valence-corrected chi connectivity index (χ2v) is 7.97. The number of nitrogens with zero attached hydrogens (tertiary/aromatic N) is 2. The molecule has 1 fully saturated rings. The van der Waals surface area contributed by atoms with Crippen LogP contribution >= 0.6 is 0 Å². The second-order valence-electron chi connectivity index (χ2n) is 7.97. The average molecular weight is 389 g/mol. The summed E-state index contributed by atoms with van der Waals surface area (Å²) in [7, 11) is 0. The van der Waals surface area contributed by atoms with Gasteiger partial charge in [0.05, 0.1) is 23.1 Å². The van der Waals surface area contributed by atoms with Crippen LogP contribution in [0.25, 0.3) is 5.69 Å². The number of aromatic nitrogens is 2. The van der Waals surface area contributed by atoms with Crippen LogP contribution in [-0.4, -0.2) is 28.8 Å². The third-order valence-electron chi connectivity index (χ3n) is 5.79. The Bertz CT molecular complexity index is 1030. The van der Waals surface area contributed by atoms with Crippen LogP contribution in [0.1, 0.15) is 51.5 Å². The van der Waals surface area contributed by atoms with E-state index in [2.05, 4.69) is 54.7 Å². The average Bonchev–Trinajstić information content (AvgIpc) is 3.17. The number of nitrogens with one attached hydrogen (secondary N) is 2. The number of hydrogen-bond acceptors (Lipinski definition) is 3. The molecule has 0 aliphatic carbocycles. The summed E-state index contributed by atoms with van der Waals surface area (Å²) in [5.74, 6) is 0.209. The molecule has 0 unspecified atom stereocenters. The summed E-state index contributed by atoms with van der Waals surface area (Å²) in [6.07, 6.45) is 3.72. The summed E-state index contributed by atoms with van der Waals surface area (Å²) in [5, 5.41) is 11.1. The molecule has 0 radical (unpaired) electrons. The topological polar surface area (TPSA) is 59.0 Å². The maximum absolute atomic E-state index is 13.2. The minimum atomic E-state index is -0.0966. The zero-order valence-corrected chi connectivity index (χ0v) is 17.3. The highest BCUT2D eigenvalue weighted by molar-refractivity contribution is 6.05. The van der Waals surface area contributed by atoms with Crippen LogP contribution in [0.3, 0.4) is 0 Å². The fraction of sp³-hybridized carbons (Fsp3) is 0.333. The third-order valence-corrected chi connectivity index (χ3v) is 5.79. The molecule has 3 aromatic rings. The molecule has 0 atom stereocenters. The van der Waals surface area contributed by atoms with Gasteiger partial charge in [-0.1, -0.05) is 18.2 Å². The predicted octanol–water partition coefficient (Wildman–Crippen LogP) is 4.52. The molecule has 2 aromatic carbocycles. The molecule has 0 bridgehead atoms. The van der Waals surface area contributed by atoms with Gasteiger partial charge in [0.15, 0.2) is 0 Å². The summed E-state index contributed by atoms with van der Waals surface area (Å²) in [6.45, 7) is 8.12. The van der Waals surface area contributed by atoms with Gasteiger partial charge in [-0.2, -0.15) is 5.10 Å². The first kappa shape index (κ1) is 19.4. The summed E-state index contributed by atoms with van der Waals surface area (Å²) >= 11 is 0. The van der Waals surface area contributed by atoms with Crippen molar-refractivity contribution in [1.82, 2.24) is 15.1 Å². The SMILES string of the molecule is Cc1cccc(-n2ncc(C(=O)Nc3ccc(C)c(C)c3)c2C2CCNCC2)c1. The van der Waals surface area contributed by atoms with E-state index in [0.717, 1.165) is 48.6 Å². The highest BCUT2D eigenvalue weighted by Crippen LogP contribution is 2.31. The number of amides is 1. The molecule has 150 valence electrons. The summed E-state index contributed by atoms with van der Waals surface area (Å²) in [6, 6.07) is 14.3. The van der Waals surface area contributed by atoms with Crippen molar-refractivity contribution in [3.05, 3.63) is 76.6 Å². The van der Waals surface area contributed by atoms with Gasteiger partial charge in [0.1, 0.15) is 0 Å². The number of aryl methyl sites for hydroxylation is 3. The first-order valence-corrected chi connectivity index (χ1v) is 10.3. The lowest BCUT2D eigenvalue weighted by atomic mass is 9.91. The molecule has 29 heavy (non-hydrogen) atoms. The molecule has 2 heterocycles. The minimum absolute atomic E-state index is 0.0966. The monoisotopic (exact) mass is 388 g/mol.